The standard InChI is InChI=1S/C4H10NO2S/c1-4(2)3-5-8(6)7/h8H,3H2,1-2H3,(H,5,6,7). The first-order valence-electron chi connectivity index (χ1n) is 2.30. The molecule has 0 atom stereocenters. The van der Waals surface area contributed by atoms with Crippen molar-refractivity contribution < 1.29 is 8.42 Å². The molecule has 4 heteroatoms. The van der Waals surface area contributed by atoms with E-state index in [1.54, 1.807) is 0 Å². The van der Waals surface area contributed by atoms with Crippen LogP contribution in [0.4, 0.5) is 0 Å². The van der Waals surface area contributed by atoms with Crippen molar-refractivity contribution >= 4 is 10.9 Å². The predicted molar refractivity (Wildman–Crippen MR) is 32.9 cm³/mol. The van der Waals surface area contributed by atoms with Crippen molar-refractivity contribution in [2.75, 3.05) is 6.54 Å². The van der Waals surface area contributed by atoms with E-state index in [0.29, 0.717) is 6.54 Å². The summed E-state index contributed by atoms with van der Waals surface area (Å²) in [5.74, 6) is 1.06. The van der Waals surface area contributed by atoms with E-state index >= 15 is 0 Å². The fourth-order valence-electron chi connectivity index (χ4n) is 0.223. The van der Waals surface area contributed by atoms with Crippen LogP contribution in [-0.4, -0.2) is 15.0 Å². The van der Waals surface area contributed by atoms with Crippen LogP contribution >= 0.6 is 0 Å². The van der Waals surface area contributed by atoms with Gasteiger partial charge in [-0.05, 0) is 5.92 Å². The lowest BCUT2D eigenvalue weighted by Crippen LogP contribution is -2.15. The minimum absolute atomic E-state index is 0.457. The molecule has 0 bridgehead atoms. The van der Waals surface area contributed by atoms with Crippen LogP contribution in [0.5, 0.6) is 0 Å². The monoisotopic (exact) mass is 136 g/mol. The molecule has 0 heterocycles. The average molecular weight is 136 g/mol. The zero-order valence-electron chi connectivity index (χ0n) is 4.97. The summed E-state index contributed by atoms with van der Waals surface area (Å²) in [5, 5.41) is 0. The Labute approximate surface area is 51.2 Å². The lowest BCUT2D eigenvalue weighted by Gasteiger charge is -1.97. The lowest BCUT2D eigenvalue weighted by atomic mass is 10.2. The third kappa shape index (κ3) is 5.91. The van der Waals surface area contributed by atoms with Crippen LogP contribution in [0.1, 0.15) is 13.8 Å². The van der Waals surface area contributed by atoms with Crippen LogP contribution in [0.25, 0.3) is 0 Å². The highest BCUT2D eigenvalue weighted by Gasteiger charge is 1.90. The summed E-state index contributed by atoms with van der Waals surface area (Å²) < 4.78 is 21.9. The summed E-state index contributed by atoms with van der Waals surface area (Å²) in [6, 6.07) is 0. The van der Waals surface area contributed by atoms with Crippen molar-refractivity contribution in [1.82, 2.24) is 4.72 Å². The van der Waals surface area contributed by atoms with Crippen molar-refractivity contribution in [3.05, 3.63) is 5.92 Å². The number of hydrogen-bond acceptors (Lipinski definition) is 2. The van der Waals surface area contributed by atoms with E-state index in [1.165, 1.54) is 0 Å². The van der Waals surface area contributed by atoms with Crippen LogP contribution in [0.3, 0.4) is 0 Å². The van der Waals surface area contributed by atoms with Crippen molar-refractivity contribution in [2.45, 2.75) is 13.8 Å². The molecule has 0 aliphatic heterocycles. The number of thiol groups is 1. The third-order valence-corrected chi connectivity index (χ3v) is 0.978. The van der Waals surface area contributed by atoms with Crippen molar-refractivity contribution in [3.8, 4) is 0 Å². The highest BCUT2D eigenvalue weighted by molar-refractivity contribution is 7.70. The SMILES string of the molecule is C[C](C)CN[SH](=O)=O. The Kier molecular flexibility index (Phi) is 3.81. The zero-order valence-corrected chi connectivity index (χ0v) is 5.87. The van der Waals surface area contributed by atoms with Gasteiger partial charge in [-0.15, -0.1) is 0 Å². The second-order valence-corrected chi connectivity index (χ2v) is 2.63. The summed E-state index contributed by atoms with van der Waals surface area (Å²) in [4.78, 5) is 0. The van der Waals surface area contributed by atoms with E-state index < -0.39 is 10.9 Å². The second-order valence-electron chi connectivity index (χ2n) is 1.80. The van der Waals surface area contributed by atoms with Gasteiger partial charge in [-0.2, -0.15) is 0 Å². The molecule has 0 aliphatic carbocycles. The number of rotatable bonds is 3. The van der Waals surface area contributed by atoms with E-state index in [2.05, 4.69) is 4.72 Å². The molecule has 0 aromatic rings. The van der Waals surface area contributed by atoms with Gasteiger partial charge in [0, 0.05) is 6.54 Å². The van der Waals surface area contributed by atoms with Gasteiger partial charge in [0.2, 0.25) is 10.9 Å². The van der Waals surface area contributed by atoms with Gasteiger partial charge in [0.15, 0.2) is 0 Å². The van der Waals surface area contributed by atoms with Crippen molar-refractivity contribution in [3.63, 3.8) is 0 Å². The van der Waals surface area contributed by atoms with Crippen LogP contribution in [0.2, 0.25) is 0 Å². The second kappa shape index (κ2) is 3.86. The van der Waals surface area contributed by atoms with E-state index in [1.807, 2.05) is 13.8 Å². The maximum Gasteiger partial charge on any atom is 0.201 e. The van der Waals surface area contributed by atoms with E-state index in [0.717, 1.165) is 5.92 Å². The molecule has 0 saturated carbocycles. The van der Waals surface area contributed by atoms with Crippen molar-refractivity contribution in [1.29, 1.82) is 0 Å². The Hall–Kier alpha value is -0.0900. The zero-order chi connectivity index (χ0) is 6.57. The first-order valence-corrected chi connectivity index (χ1v) is 3.47. The Morgan fingerprint density at radius 3 is 2.12 bits per heavy atom. The topological polar surface area (TPSA) is 46.2 Å². The van der Waals surface area contributed by atoms with Crippen LogP contribution in [0, 0.1) is 5.92 Å². The predicted octanol–water partition coefficient (Wildman–Crippen LogP) is -0.283. The minimum atomic E-state index is -2.40. The lowest BCUT2D eigenvalue weighted by molar-refractivity contribution is 0.602. The van der Waals surface area contributed by atoms with Crippen molar-refractivity contribution in [2.24, 2.45) is 0 Å². The average Bonchev–Trinajstić information content (AvgIpc) is 1.61. The fourth-order valence-corrected chi connectivity index (χ4v) is 0.668. The number of nitrogens with one attached hydrogen (secondary N) is 1. The van der Waals surface area contributed by atoms with Gasteiger partial charge in [0.25, 0.3) is 0 Å². The Morgan fingerprint density at radius 2 is 2.00 bits per heavy atom. The molecule has 0 aromatic heterocycles. The van der Waals surface area contributed by atoms with E-state index in [9.17, 15) is 8.42 Å². The molecule has 0 aliphatic rings. The van der Waals surface area contributed by atoms with Crippen LogP contribution in [0.15, 0.2) is 0 Å². The maximum absolute atomic E-state index is 9.82. The Bertz CT molecular complexity index is 111. The highest BCUT2D eigenvalue weighted by Crippen LogP contribution is 1.88. The Balaban J connectivity index is 3.18. The van der Waals surface area contributed by atoms with E-state index in [4.69, 9.17) is 0 Å². The molecule has 0 rings (SSSR count). The van der Waals surface area contributed by atoms with Gasteiger partial charge < -0.3 is 0 Å². The molecule has 0 unspecified atom stereocenters. The molecule has 3 nitrogen and oxygen atoms in total. The first-order chi connectivity index (χ1) is 3.63. The minimum Gasteiger partial charge on any atom is -0.217 e. The fraction of sp³-hybridized carbons (Fsp3) is 0.750. The molecule has 0 spiro atoms. The largest absolute Gasteiger partial charge is 0.217 e. The molecular weight excluding hydrogens is 126 g/mol. The Morgan fingerprint density at radius 1 is 1.50 bits per heavy atom. The molecular formula is C4H10NO2S. The van der Waals surface area contributed by atoms with Gasteiger partial charge in [0.05, 0.1) is 0 Å². The maximum atomic E-state index is 9.82. The molecule has 0 fully saturated rings. The van der Waals surface area contributed by atoms with Gasteiger partial charge >= 0.3 is 0 Å². The smallest absolute Gasteiger partial charge is 0.201 e. The number of hydrogen-bond donors (Lipinski definition) is 2. The summed E-state index contributed by atoms with van der Waals surface area (Å²) in [7, 11) is -2.40. The normalized spacial score (nSPS) is 11.0. The summed E-state index contributed by atoms with van der Waals surface area (Å²) in [5.41, 5.74) is 0. The molecule has 0 saturated heterocycles. The molecule has 0 aromatic carbocycles. The molecule has 1 N–H and O–H groups in total. The quantitative estimate of drug-likeness (QED) is 0.524. The van der Waals surface area contributed by atoms with Gasteiger partial charge in [-0.25, -0.2) is 13.1 Å². The molecule has 49 valence electrons. The summed E-state index contributed by atoms with van der Waals surface area (Å²) in [6.45, 7) is 4.19. The molecule has 8 heavy (non-hydrogen) atoms. The third-order valence-electron chi connectivity index (χ3n) is 0.562. The van der Waals surface area contributed by atoms with Crippen LogP contribution in [-0.2, 0) is 10.9 Å². The highest BCUT2D eigenvalue weighted by atomic mass is 32.2. The van der Waals surface area contributed by atoms with Gasteiger partial charge in [-0.1, -0.05) is 13.8 Å². The first kappa shape index (κ1) is 7.91. The van der Waals surface area contributed by atoms with Gasteiger partial charge in [-0.3, -0.25) is 0 Å². The van der Waals surface area contributed by atoms with E-state index in [-0.39, 0.29) is 0 Å². The summed E-state index contributed by atoms with van der Waals surface area (Å²) >= 11 is 0. The van der Waals surface area contributed by atoms with Crippen LogP contribution < -0.4 is 4.72 Å². The molecule has 0 amide bonds. The van der Waals surface area contributed by atoms with Gasteiger partial charge in [0.1, 0.15) is 0 Å². The molecule has 1 radical (unpaired) electrons. The summed E-state index contributed by atoms with van der Waals surface area (Å²) in [6.07, 6.45) is 0.